The molecule has 0 unspecified atom stereocenters. The summed E-state index contributed by atoms with van der Waals surface area (Å²) in [4.78, 5) is 15.9. The summed E-state index contributed by atoms with van der Waals surface area (Å²) in [6.45, 7) is 0.563. The Morgan fingerprint density at radius 1 is 1.12 bits per heavy atom. The van der Waals surface area contributed by atoms with Crippen LogP contribution in [0.1, 0.15) is 22.6 Å². The number of benzene rings is 1. The van der Waals surface area contributed by atoms with Gasteiger partial charge in [-0.15, -0.1) is 0 Å². The smallest absolute Gasteiger partial charge is 0.269 e. The molecule has 0 aliphatic carbocycles. The van der Waals surface area contributed by atoms with Crippen LogP contribution in [0.2, 0.25) is 0 Å². The van der Waals surface area contributed by atoms with Gasteiger partial charge in [-0.05, 0) is 37.1 Å². The molecule has 2 aromatic heterocycles. The number of pyridine rings is 1. The molecule has 2 heterocycles. The molecule has 24 heavy (non-hydrogen) atoms. The predicted octanol–water partition coefficient (Wildman–Crippen LogP) is 2.21. The van der Waals surface area contributed by atoms with Gasteiger partial charge in [0.05, 0.1) is 11.4 Å². The lowest BCUT2D eigenvalue weighted by molar-refractivity contribution is 0.0948. The number of aromatic nitrogens is 3. The first-order valence-electron chi connectivity index (χ1n) is 7.83. The fourth-order valence-corrected chi connectivity index (χ4v) is 2.40. The fraction of sp³-hybridized carbons (Fsp3) is 0.167. The van der Waals surface area contributed by atoms with Gasteiger partial charge in [-0.1, -0.05) is 24.3 Å². The van der Waals surface area contributed by atoms with Gasteiger partial charge in [-0.3, -0.25) is 9.78 Å². The van der Waals surface area contributed by atoms with Crippen LogP contribution >= 0.6 is 0 Å². The summed E-state index contributed by atoms with van der Waals surface area (Å²) in [7, 11) is 0. The van der Waals surface area contributed by atoms with Crippen LogP contribution in [0.3, 0.4) is 0 Å². The van der Waals surface area contributed by atoms with Crippen LogP contribution in [-0.2, 0) is 6.42 Å². The topological polar surface area (TPSA) is 85.8 Å². The van der Waals surface area contributed by atoms with E-state index < -0.39 is 0 Å². The van der Waals surface area contributed by atoms with Crippen LogP contribution in [0, 0.1) is 0 Å². The van der Waals surface area contributed by atoms with Crippen molar-refractivity contribution in [3.63, 3.8) is 0 Å². The van der Waals surface area contributed by atoms with E-state index in [2.05, 4.69) is 15.4 Å². The number of para-hydroxylation sites is 1. The summed E-state index contributed by atoms with van der Waals surface area (Å²) in [5.41, 5.74) is 8.29. The lowest BCUT2D eigenvalue weighted by atomic mass is 10.2. The van der Waals surface area contributed by atoms with Gasteiger partial charge in [0, 0.05) is 18.8 Å². The number of aryl methyl sites for hydroxylation is 1. The molecule has 1 amide bonds. The first-order chi connectivity index (χ1) is 11.7. The Morgan fingerprint density at radius 3 is 2.67 bits per heavy atom. The van der Waals surface area contributed by atoms with Crippen LogP contribution in [-0.4, -0.2) is 27.2 Å². The Bertz CT molecular complexity index is 799. The van der Waals surface area contributed by atoms with E-state index in [0.29, 0.717) is 18.1 Å². The number of carbonyl (C=O) groups is 1. The summed E-state index contributed by atoms with van der Waals surface area (Å²) in [6, 6.07) is 16.9. The quantitative estimate of drug-likeness (QED) is 0.682. The minimum atomic E-state index is -0.162. The first kappa shape index (κ1) is 15.7. The van der Waals surface area contributed by atoms with Crippen molar-refractivity contribution in [2.75, 3.05) is 12.3 Å². The van der Waals surface area contributed by atoms with Gasteiger partial charge in [-0.2, -0.15) is 5.10 Å². The van der Waals surface area contributed by atoms with Crippen LogP contribution < -0.4 is 11.1 Å². The number of nitrogens with two attached hydrogens (primary N) is 1. The third kappa shape index (κ3) is 3.78. The number of rotatable bonds is 6. The first-order valence-corrected chi connectivity index (χ1v) is 7.83. The monoisotopic (exact) mass is 321 g/mol. The highest BCUT2D eigenvalue weighted by Crippen LogP contribution is 2.14. The van der Waals surface area contributed by atoms with Crippen molar-refractivity contribution in [1.82, 2.24) is 20.1 Å². The van der Waals surface area contributed by atoms with Gasteiger partial charge in [0.15, 0.2) is 0 Å². The maximum absolute atomic E-state index is 11.9. The van der Waals surface area contributed by atoms with Gasteiger partial charge in [0.1, 0.15) is 11.5 Å². The standard InChI is InChI=1S/C18H19N5O/c19-17-13-14(22-23(17)15-8-2-1-3-9-15)7-6-12-21-18(24)16-10-4-5-11-20-16/h1-5,8-11,13H,6-7,12,19H2,(H,21,24). The lowest BCUT2D eigenvalue weighted by Gasteiger charge is -2.04. The number of nitrogens with one attached hydrogen (secondary N) is 1. The summed E-state index contributed by atoms with van der Waals surface area (Å²) < 4.78 is 1.72. The molecule has 0 atom stereocenters. The highest BCUT2D eigenvalue weighted by Gasteiger charge is 2.08. The largest absolute Gasteiger partial charge is 0.384 e. The molecule has 0 aliphatic heterocycles. The van der Waals surface area contributed by atoms with Gasteiger partial charge < -0.3 is 11.1 Å². The highest BCUT2D eigenvalue weighted by atomic mass is 16.1. The Morgan fingerprint density at radius 2 is 1.92 bits per heavy atom. The molecule has 0 spiro atoms. The number of carbonyl (C=O) groups excluding carboxylic acids is 1. The second-order valence-electron chi connectivity index (χ2n) is 5.38. The molecule has 6 nitrogen and oxygen atoms in total. The Hall–Kier alpha value is -3.15. The third-order valence-electron chi connectivity index (χ3n) is 3.58. The molecule has 0 aliphatic rings. The number of amides is 1. The zero-order chi connectivity index (χ0) is 16.8. The molecule has 0 fully saturated rings. The number of anilines is 1. The molecule has 0 radical (unpaired) electrons. The second-order valence-corrected chi connectivity index (χ2v) is 5.38. The summed E-state index contributed by atoms with van der Waals surface area (Å²) >= 11 is 0. The van der Waals surface area contributed by atoms with Crippen LogP contribution in [0.15, 0.2) is 60.8 Å². The van der Waals surface area contributed by atoms with Gasteiger partial charge in [0.2, 0.25) is 0 Å². The average molecular weight is 321 g/mol. The van der Waals surface area contributed by atoms with Crippen molar-refractivity contribution in [3.8, 4) is 5.69 Å². The number of hydrogen-bond acceptors (Lipinski definition) is 4. The van der Waals surface area contributed by atoms with E-state index in [1.54, 1.807) is 29.1 Å². The van der Waals surface area contributed by atoms with E-state index in [9.17, 15) is 4.79 Å². The minimum absolute atomic E-state index is 0.162. The number of hydrogen-bond donors (Lipinski definition) is 2. The SMILES string of the molecule is Nc1cc(CCCNC(=O)c2ccccn2)nn1-c1ccccc1. The second kappa shape index (κ2) is 7.41. The van der Waals surface area contributed by atoms with Gasteiger partial charge >= 0.3 is 0 Å². The van der Waals surface area contributed by atoms with E-state index >= 15 is 0 Å². The molecule has 122 valence electrons. The molecule has 6 heteroatoms. The van der Waals surface area contributed by atoms with E-state index in [1.165, 1.54) is 0 Å². The molecule has 3 rings (SSSR count). The van der Waals surface area contributed by atoms with Crippen LogP contribution in [0.25, 0.3) is 5.69 Å². The normalized spacial score (nSPS) is 10.5. The molecular weight excluding hydrogens is 302 g/mol. The lowest BCUT2D eigenvalue weighted by Crippen LogP contribution is -2.25. The van der Waals surface area contributed by atoms with Crippen molar-refractivity contribution >= 4 is 11.7 Å². The molecule has 0 bridgehead atoms. The van der Waals surface area contributed by atoms with E-state index in [1.807, 2.05) is 36.4 Å². The van der Waals surface area contributed by atoms with E-state index in [-0.39, 0.29) is 5.91 Å². The third-order valence-corrected chi connectivity index (χ3v) is 3.58. The van der Waals surface area contributed by atoms with Crippen molar-refractivity contribution in [1.29, 1.82) is 0 Å². The molecule has 1 aromatic carbocycles. The minimum Gasteiger partial charge on any atom is -0.384 e. The van der Waals surface area contributed by atoms with Crippen LogP contribution in [0.4, 0.5) is 5.82 Å². The van der Waals surface area contributed by atoms with Crippen LogP contribution in [0.5, 0.6) is 0 Å². The Balaban J connectivity index is 1.52. The van der Waals surface area contributed by atoms with Crippen molar-refractivity contribution in [3.05, 3.63) is 72.2 Å². The molecule has 0 saturated carbocycles. The Kier molecular flexibility index (Phi) is 4.86. The maximum atomic E-state index is 11.9. The summed E-state index contributed by atoms with van der Waals surface area (Å²) in [5, 5.41) is 7.38. The van der Waals surface area contributed by atoms with Crippen molar-refractivity contribution in [2.24, 2.45) is 0 Å². The maximum Gasteiger partial charge on any atom is 0.269 e. The number of nitrogens with zero attached hydrogens (tertiary/aromatic N) is 3. The zero-order valence-corrected chi connectivity index (χ0v) is 13.2. The number of nitrogen functional groups attached to an aromatic ring is 1. The molecular formula is C18H19N5O. The summed E-state index contributed by atoms with van der Waals surface area (Å²) in [5.74, 6) is 0.443. The van der Waals surface area contributed by atoms with Gasteiger partial charge in [0.25, 0.3) is 5.91 Å². The average Bonchev–Trinajstić information content (AvgIpc) is 3.01. The van der Waals surface area contributed by atoms with E-state index in [4.69, 9.17) is 5.73 Å². The molecule has 3 aromatic rings. The van der Waals surface area contributed by atoms with E-state index in [0.717, 1.165) is 24.2 Å². The highest BCUT2D eigenvalue weighted by molar-refractivity contribution is 5.92. The van der Waals surface area contributed by atoms with Crippen molar-refractivity contribution < 1.29 is 4.79 Å². The Labute approximate surface area is 140 Å². The van der Waals surface area contributed by atoms with Crippen molar-refractivity contribution in [2.45, 2.75) is 12.8 Å². The molecule has 3 N–H and O–H groups in total. The fourth-order valence-electron chi connectivity index (χ4n) is 2.40. The zero-order valence-electron chi connectivity index (χ0n) is 13.2. The molecule has 0 saturated heterocycles. The predicted molar refractivity (Wildman–Crippen MR) is 92.9 cm³/mol. The summed E-state index contributed by atoms with van der Waals surface area (Å²) in [6.07, 6.45) is 3.13. The van der Waals surface area contributed by atoms with Gasteiger partial charge in [-0.25, -0.2) is 4.68 Å².